The second-order valence-electron chi connectivity index (χ2n) is 5.87. The minimum atomic E-state index is -0.450. The number of rotatable bonds is 5. The van der Waals surface area contributed by atoms with Gasteiger partial charge in [-0.2, -0.15) is 0 Å². The maximum atomic E-state index is 12.4. The highest BCUT2D eigenvalue weighted by Crippen LogP contribution is 2.29. The lowest BCUT2D eigenvalue weighted by molar-refractivity contribution is -0.121. The molecule has 0 radical (unpaired) electrons. The van der Waals surface area contributed by atoms with E-state index >= 15 is 0 Å². The fourth-order valence-corrected chi connectivity index (χ4v) is 3.10. The molecular weight excluding hydrogens is 340 g/mol. The molecule has 0 aliphatic carbocycles. The number of amides is 3. The summed E-state index contributed by atoms with van der Waals surface area (Å²) in [7, 11) is 0. The van der Waals surface area contributed by atoms with Crippen LogP contribution in [0.2, 0.25) is 5.02 Å². The molecule has 1 atom stereocenters. The number of fused-ring (bicyclic) bond motifs is 1. The zero-order valence-electron chi connectivity index (χ0n) is 13.7. The van der Waals surface area contributed by atoms with Gasteiger partial charge in [0.2, 0.25) is 5.91 Å². The molecule has 0 saturated heterocycles. The molecule has 1 unspecified atom stereocenters. The van der Waals surface area contributed by atoms with Crippen LogP contribution >= 0.6 is 11.6 Å². The Morgan fingerprint density at radius 3 is 2.48 bits per heavy atom. The molecule has 1 heterocycles. The molecule has 0 saturated carbocycles. The first-order chi connectivity index (χ1) is 12.0. The van der Waals surface area contributed by atoms with E-state index in [1.807, 2.05) is 37.3 Å². The molecule has 1 aliphatic heterocycles. The molecule has 0 fully saturated rings. The van der Waals surface area contributed by atoms with Crippen molar-refractivity contribution in [2.45, 2.75) is 19.4 Å². The average Bonchev–Trinajstić information content (AvgIpc) is 2.86. The number of hydrogen-bond donors (Lipinski definition) is 1. The van der Waals surface area contributed by atoms with Gasteiger partial charge in [0.05, 0.1) is 22.2 Å². The van der Waals surface area contributed by atoms with E-state index in [1.165, 1.54) is 0 Å². The van der Waals surface area contributed by atoms with E-state index in [2.05, 4.69) is 5.32 Å². The van der Waals surface area contributed by atoms with Gasteiger partial charge in [-0.05, 0) is 24.6 Å². The predicted molar refractivity (Wildman–Crippen MR) is 94.4 cm³/mol. The fraction of sp³-hybridized carbons (Fsp3) is 0.211. The molecular formula is C19H17ClN2O3. The van der Waals surface area contributed by atoms with Crippen LogP contribution in [0.25, 0.3) is 0 Å². The summed E-state index contributed by atoms with van der Waals surface area (Å²) in [4.78, 5) is 37.9. The summed E-state index contributed by atoms with van der Waals surface area (Å²) in [6.45, 7) is 1.91. The van der Waals surface area contributed by atoms with Crippen molar-refractivity contribution in [1.29, 1.82) is 0 Å². The minimum absolute atomic E-state index is 0.0238. The van der Waals surface area contributed by atoms with Gasteiger partial charge in [-0.3, -0.25) is 19.3 Å². The summed E-state index contributed by atoms with van der Waals surface area (Å²) in [6, 6.07) is 14.2. The lowest BCUT2D eigenvalue weighted by atomic mass is 10.1. The van der Waals surface area contributed by atoms with Crippen LogP contribution in [0.4, 0.5) is 0 Å². The van der Waals surface area contributed by atoms with Gasteiger partial charge in [0.15, 0.2) is 0 Å². The van der Waals surface area contributed by atoms with Crippen LogP contribution < -0.4 is 5.32 Å². The van der Waals surface area contributed by atoms with Crippen LogP contribution in [0, 0.1) is 0 Å². The van der Waals surface area contributed by atoms with E-state index in [4.69, 9.17) is 11.6 Å². The highest BCUT2D eigenvalue weighted by molar-refractivity contribution is 6.37. The van der Waals surface area contributed by atoms with Crippen molar-refractivity contribution >= 4 is 29.3 Å². The van der Waals surface area contributed by atoms with Gasteiger partial charge in [-0.15, -0.1) is 0 Å². The monoisotopic (exact) mass is 356 g/mol. The second kappa shape index (κ2) is 7.07. The standard InChI is InChI=1S/C19H17ClN2O3/c1-12(13-6-3-2-4-7-13)21-16(23)10-11-22-18(24)14-8-5-9-15(20)17(14)19(22)25/h2-9,12H,10-11H2,1H3,(H,21,23). The third-order valence-electron chi connectivity index (χ3n) is 4.19. The summed E-state index contributed by atoms with van der Waals surface area (Å²) in [6.07, 6.45) is 0.0419. The molecule has 25 heavy (non-hydrogen) atoms. The summed E-state index contributed by atoms with van der Waals surface area (Å²) in [5.74, 6) is -1.08. The Kier molecular flexibility index (Phi) is 4.86. The van der Waals surface area contributed by atoms with Crippen LogP contribution in [-0.2, 0) is 4.79 Å². The van der Waals surface area contributed by atoms with E-state index in [0.29, 0.717) is 0 Å². The van der Waals surface area contributed by atoms with Crippen molar-refractivity contribution in [2.75, 3.05) is 6.54 Å². The number of hydrogen-bond acceptors (Lipinski definition) is 3. The zero-order valence-corrected chi connectivity index (χ0v) is 14.4. The molecule has 5 nitrogen and oxygen atoms in total. The molecule has 1 aliphatic rings. The highest BCUT2D eigenvalue weighted by Gasteiger charge is 2.37. The third kappa shape index (κ3) is 3.42. The van der Waals surface area contributed by atoms with Crippen LogP contribution in [0.3, 0.4) is 0 Å². The number of carbonyl (C=O) groups is 3. The molecule has 6 heteroatoms. The summed E-state index contributed by atoms with van der Waals surface area (Å²) < 4.78 is 0. The van der Waals surface area contributed by atoms with Crippen molar-refractivity contribution in [3.05, 3.63) is 70.2 Å². The number of imide groups is 1. The van der Waals surface area contributed by atoms with Crippen LogP contribution in [0.1, 0.15) is 45.7 Å². The minimum Gasteiger partial charge on any atom is -0.350 e. The molecule has 2 aromatic carbocycles. The normalized spacial score (nSPS) is 14.4. The van der Waals surface area contributed by atoms with Gasteiger partial charge in [-0.1, -0.05) is 48.0 Å². The third-order valence-corrected chi connectivity index (χ3v) is 4.50. The molecule has 0 spiro atoms. The molecule has 128 valence electrons. The molecule has 3 amide bonds. The molecule has 3 rings (SSSR count). The van der Waals surface area contributed by atoms with E-state index in [-0.39, 0.29) is 41.1 Å². The van der Waals surface area contributed by atoms with Crippen molar-refractivity contribution in [3.8, 4) is 0 Å². The maximum Gasteiger partial charge on any atom is 0.263 e. The average molecular weight is 357 g/mol. The number of halogens is 1. The van der Waals surface area contributed by atoms with Gasteiger partial charge in [0, 0.05) is 13.0 Å². The van der Waals surface area contributed by atoms with Crippen molar-refractivity contribution < 1.29 is 14.4 Å². The van der Waals surface area contributed by atoms with E-state index in [9.17, 15) is 14.4 Å². The van der Waals surface area contributed by atoms with Crippen LogP contribution in [0.15, 0.2) is 48.5 Å². The van der Waals surface area contributed by atoms with Crippen molar-refractivity contribution in [2.24, 2.45) is 0 Å². The predicted octanol–water partition coefficient (Wildman–Crippen LogP) is 3.20. The van der Waals surface area contributed by atoms with Gasteiger partial charge in [-0.25, -0.2) is 0 Å². The first-order valence-electron chi connectivity index (χ1n) is 7.98. The van der Waals surface area contributed by atoms with Gasteiger partial charge < -0.3 is 5.32 Å². The quantitative estimate of drug-likeness (QED) is 0.836. The second-order valence-corrected chi connectivity index (χ2v) is 6.28. The molecule has 0 bridgehead atoms. The van der Waals surface area contributed by atoms with Crippen LogP contribution in [-0.4, -0.2) is 29.2 Å². The van der Waals surface area contributed by atoms with Crippen LogP contribution in [0.5, 0.6) is 0 Å². The zero-order chi connectivity index (χ0) is 18.0. The Labute approximate surface area is 150 Å². The fourth-order valence-electron chi connectivity index (χ4n) is 2.85. The van der Waals surface area contributed by atoms with Crippen molar-refractivity contribution in [1.82, 2.24) is 10.2 Å². The lowest BCUT2D eigenvalue weighted by Gasteiger charge is -2.17. The Balaban J connectivity index is 1.61. The smallest absolute Gasteiger partial charge is 0.263 e. The Hall–Kier alpha value is -2.66. The van der Waals surface area contributed by atoms with E-state index < -0.39 is 11.8 Å². The number of carbonyl (C=O) groups excluding carboxylic acids is 3. The number of nitrogens with zero attached hydrogens (tertiary/aromatic N) is 1. The molecule has 2 aromatic rings. The highest BCUT2D eigenvalue weighted by atomic mass is 35.5. The number of benzene rings is 2. The SMILES string of the molecule is CC(NC(=O)CCN1C(=O)c2cccc(Cl)c2C1=O)c1ccccc1. The Morgan fingerprint density at radius 1 is 1.08 bits per heavy atom. The maximum absolute atomic E-state index is 12.4. The summed E-state index contributed by atoms with van der Waals surface area (Å²) >= 11 is 6.02. The molecule has 0 aromatic heterocycles. The van der Waals surface area contributed by atoms with Gasteiger partial charge in [0.25, 0.3) is 11.8 Å². The number of nitrogens with one attached hydrogen (secondary N) is 1. The Morgan fingerprint density at radius 2 is 1.80 bits per heavy atom. The Bertz CT molecular complexity index is 836. The first-order valence-corrected chi connectivity index (χ1v) is 8.36. The van der Waals surface area contributed by atoms with E-state index in [1.54, 1.807) is 18.2 Å². The van der Waals surface area contributed by atoms with Gasteiger partial charge in [0.1, 0.15) is 0 Å². The van der Waals surface area contributed by atoms with Gasteiger partial charge >= 0.3 is 0 Å². The first kappa shape index (κ1) is 17.2. The topological polar surface area (TPSA) is 66.5 Å². The largest absolute Gasteiger partial charge is 0.350 e. The lowest BCUT2D eigenvalue weighted by Crippen LogP contribution is -2.35. The summed E-state index contributed by atoms with van der Waals surface area (Å²) in [5.41, 5.74) is 1.49. The molecule has 1 N–H and O–H groups in total. The van der Waals surface area contributed by atoms with E-state index in [0.717, 1.165) is 10.5 Å². The summed E-state index contributed by atoms with van der Waals surface area (Å²) in [5, 5.41) is 3.12. The van der Waals surface area contributed by atoms with Crippen molar-refractivity contribution in [3.63, 3.8) is 0 Å².